The maximum atomic E-state index is 14.8. The summed E-state index contributed by atoms with van der Waals surface area (Å²) in [5.74, 6) is -0.520. The number of nitrogens with zero attached hydrogens (tertiary/aromatic N) is 3. The Hall–Kier alpha value is -2.43. The maximum Gasteiger partial charge on any atom is 0.337 e. The van der Waals surface area contributed by atoms with E-state index in [1.165, 1.54) is 23.7 Å². The summed E-state index contributed by atoms with van der Waals surface area (Å²) in [5, 5.41) is 0.0838. The molecule has 0 saturated heterocycles. The van der Waals surface area contributed by atoms with E-state index in [0.29, 0.717) is 18.4 Å². The van der Waals surface area contributed by atoms with E-state index in [9.17, 15) is 18.8 Å². The van der Waals surface area contributed by atoms with Gasteiger partial charge in [-0.1, -0.05) is 19.9 Å². The molecule has 1 aliphatic rings. The van der Waals surface area contributed by atoms with E-state index in [1.807, 2.05) is 13.8 Å². The number of aryl methyl sites for hydroxylation is 2. The Morgan fingerprint density at radius 1 is 1.10 bits per heavy atom. The van der Waals surface area contributed by atoms with E-state index < -0.39 is 22.6 Å². The molecule has 0 spiro atoms. The minimum Gasteiger partial charge on any atom is -0.426 e. The van der Waals surface area contributed by atoms with Gasteiger partial charge in [0.05, 0.1) is 11.3 Å². The van der Waals surface area contributed by atoms with Crippen molar-refractivity contribution in [2.45, 2.75) is 46.6 Å². The van der Waals surface area contributed by atoms with Crippen molar-refractivity contribution in [1.29, 1.82) is 0 Å². The average molecular weight is 527 g/mol. The van der Waals surface area contributed by atoms with Gasteiger partial charge in [-0.3, -0.25) is 18.7 Å². The standard InChI is InChI=1S/C19H17FIN3O4.C2H6/c1-9-4-7-13(12(20)8-9)24-16-14(15(28-21)10(2)17(25)22(16)3)18(26)23(19(24)27)11-5-6-11;1-2/h4,7-8,11H,5-6H2,1-3H3;1-2H3. The van der Waals surface area contributed by atoms with Crippen LogP contribution in [0.5, 0.6) is 5.75 Å². The Bertz CT molecular complexity index is 1320. The molecule has 1 aliphatic carbocycles. The molecule has 1 saturated carbocycles. The molecule has 1 fully saturated rings. The molecule has 3 aromatic rings. The molecule has 30 heavy (non-hydrogen) atoms. The molecule has 1 aromatic carbocycles. The zero-order valence-electron chi connectivity index (χ0n) is 17.5. The van der Waals surface area contributed by atoms with Crippen LogP contribution in [-0.4, -0.2) is 13.7 Å². The fourth-order valence-electron chi connectivity index (χ4n) is 3.52. The van der Waals surface area contributed by atoms with Crippen LogP contribution >= 0.6 is 23.0 Å². The lowest BCUT2D eigenvalue weighted by Crippen LogP contribution is -2.41. The minimum absolute atomic E-state index is 0.0110. The molecule has 2 aromatic heterocycles. The number of rotatable bonds is 3. The third-order valence-corrected chi connectivity index (χ3v) is 5.55. The lowest BCUT2D eigenvalue weighted by molar-refractivity contribution is 0.593. The molecule has 9 heteroatoms. The van der Waals surface area contributed by atoms with Crippen LogP contribution in [0, 0.1) is 19.7 Å². The number of hydrogen-bond donors (Lipinski definition) is 0. The number of hydrogen-bond acceptors (Lipinski definition) is 4. The van der Waals surface area contributed by atoms with Crippen LogP contribution in [0.3, 0.4) is 0 Å². The highest BCUT2D eigenvalue weighted by Crippen LogP contribution is 2.34. The summed E-state index contributed by atoms with van der Waals surface area (Å²) in [5.41, 5.74) is -0.695. The van der Waals surface area contributed by atoms with Gasteiger partial charge >= 0.3 is 5.69 Å². The molecular formula is C21H23FIN3O4. The number of pyridine rings is 1. The van der Waals surface area contributed by atoms with Crippen molar-refractivity contribution in [3.8, 4) is 11.4 Å². The highest BCUT2D eigenvalue weighted by Gasteiger charge is 2.32. The first kappa shape index (κ1) is 22.3. The summed E-state index contributed by atoms with van der Waals surface area (Å²) in [6.45, 7) is 7.29. The van der Waals surface area contributed by atoms with Crippen molar-refractivity contribution in [1.82, 2.24) is 13.7 Å². The van der Waals surface area contributed by atoms with Crippen molar-refractivity contribution in [3.63, 3.8) is 0 Å². The van der Waals surface area contributed by atoms with Crippen molar-refractivity contribution in [2.24, 2.45) is 7.05 Å². The monoisotopic (exact) mass is 527 g/mol. The van der Waals surface area contributed by atoms with E-state index in [0.717, 1.165) is 9.13 Å². The number of benzene rings is 1. The molecule has 0 aliphatic heterocycles. The van der Waals surface area contributed by atoms with E-state index >= 15 is 0 Å². The Labute approximate surface area is 186 Å². The van der Waals surface area contributed by atoms with Gasteiger partial charge in [0.1, 0.15) is 16.9 Å². The van der Waals surface area contributed by atoms with Crippen molar-refractivity contribution in [3.05, 3.63) is 66.3 Å². The molecule has 7 nitrogen and oxygen atoms in total. The second-order valence-corrected chi connectivity index (χ2v) is 7.51. The van der Waals surface area contributed by atoms with Gasteiger partial charge in [-0.25, -0.2) is 13.8 Å². The SMILES string of the molecule is CC.Cc1ccc(-n2c(=O)n(C3CC3)c(=O)c3c(OI)c(C)c(=O)n(C)c32)c(F)c1. The van der Waals surface area contributed by atoms with Gasteiger partial charge in [0.2, 0.25) is 0 Å². The highest BCUT2D eigenvalue weighted by atomic mass is 127. The summed E-state index contributed by atoms with van der Waals surface area (Å²) in [7, 11) is 1.46. The van der Waals surface area contributed by atoms with Crippen LogP contribution in [0.4, 0.5) is 4.39 Å². The summed E-state index contributed by atoms with van der Waals surface area (Å²) in [6, 6.07) is 4.22. The summed E-state index contributed by atoms with van der Waals surface area (Å²) < 4.78 is 23.6. The zero-order chi connectivity index (χ0) is 22.3. The van der Waals surface area contributed by atoms with Crippen LogP contribution in [0.15, 0.2) is 32.6 Å². The van der Waals surface area contributed by atoms with E-state index in [4.69, 9.17) is 3.07 Å². The van der Waals surface area contributed by atoms with Crippen molar-refractivity contribution >= 4 is 34.0 Å². The Morgan fingerprint density at radius 2 is 1.73 bits per heavy atom. The van der Waals surface area contributed by atoms with E-state index in [1.54, 1.807) is 42.9 Å². The normalized spacial score (nSPS) is 13.2. The first-order valence-electron chi connectivity index (χ1n) is 9.73. The maximum absolute atomic E-state index is 14.8. The van der Waals surface area contributed by atoms with Gasteiger partial charge in [0.15, 0.2) is 28.8 Å². The molecule has 0 radical (unpaired) electrons. The third kappa shape index (κ3) is 3.38. The quantitative estimate of drug-likeness (QED) is 0.487. The van der Waals surface area contributed by atoms with Gasteiger partial charge in [-0.05, 0) is 44.4 Å². The minimum atomic E-state index is -0.666. The second kappa shape index (κ2) is 8.37. The van der Waals surface area contributed by atoms with Crippen LogP contribution < -0.4 is 19.9 Å². The van der Waals surface area contributed by atoms with E-state index in [2.05, 4.69) is 0 Å². The predicted octanol–water partition coefficient (Wildman–Crippen LogP) is 3.70. The van der Waals surface area contributed by atoms with Crippen molar-refractivity contribution < 1.29 is 7.46 Å². The Balaban J connectivity index is 0.00000124. The lowest BCUT2D eigenvalue weighted by Gasteiger charge is -2.19. The number of fused-ring (bicyclic) bond motifs is 1. The van der Waals surface area contributed by atoms with Crippen molar-refractivity contribution in [2.75, 3.05) is 0 Å². The Kier molecular flexibility index (Phi) is 6.21. The van der Waals surface area contributed by atoms with Gasteiger partial charge in [0, 0.05) is 13.1 Å². The van der Waals surface area contributed by atoms with Crippen LogP contribution in [0.2, 0.25) is 0 Å². The average Bonchev–Trinajstić information content (AvgIpc) is 3.55. The van der Waals surface area contributed by atoms with Crippen LogP contribution in [0.25, 0.3) is 16.7 Å². The number of aromatic nitrogens is 3. The van der Waals surface area contributed by atoms with E-state index in [-0.39, 0.29) is 34.1 Å². The smallest absolute Gasteiger partial charge is 0.337 e. The summed E-state index contributed by atoms with van der Waals surface area (Å²) in [6.07, 6.45) is 1.39. The second-order valence-electron chi connectivity index (χ2n) is 7.07. The van der Waals surface area contributed by atoms with Gasteiger partial charge < -0.3 is 3.07 Å². The summed E-state index contributed by atoms with van der Waals surface area (Å²) in [4.78, 5) is 39.2. The highest BCUT2D eigenvalue weighted by molar-refractivity contribution is 14.1. The third-order valence-electron chi connectivity index (χ3n) is 5.11. The largest absolute Gasteiger partial charge is 0.426 e. The van der Waals surface area contributed by atoms with Gasteiger partial charge in [0.25, 0.3) is 11.1 Å². The van der Waals surface area contributed by atoms with Crippen LogP contribution in [-0.2, 0) is 7.05 Å². The molecule has 2 heterocycles. The molecular weight excluding hydrogens is 504 g/mol. The topological polar surface area (TPSA) is 75.2 Å². The molecule has 4 rings (SSSR count). The van der Waals surface area contributed by atoms with Crippen LogP contribution in [0.1, 0.15) is 43.9 Å². The first-order chi connectivity index (χ1) is 14.3. The summed E-state index contributed by atoms with van der Waals surface area (Å²) >= 11 is 1.61. The predicted molar refractivity (Wildman–Crippen MR) is 123 cm³/mol. The zero-order valence-corrected chi connectivity index (χ0v) is 19.6. The van der Waals surface area contributed by atoms with Gasteiger partial charge in [-0.15, -0.1) is 0 Å². The molecule has 0 atom stereocenters. The number of halogens is 2. The molecule has 0 N–H and O–H groups in total. The Morgan fingerprint density at radius 3 is 2.27 bits per heavy atom. The molecule has 0 amide bonds. The first-order valence-corrected chi connectivity index (χ1v) is 10.6. The van der Waals surface area contributed by atoms with Gasteiger partial charge in [-0.2, -0.15) is 0 Å². The fraction of sp³-hybridized carbons (Fsp3) is 0.381. The molecule has 160 valence electrons. The lowest BCUT2D eigenvalue weighted by atomic mass is 10.2. The fourth-order valence-corrected chi connectivity index (χ4v) is 4.07. The molecule has 0 unspecified atom stereocenters. The molecule has 0 bridgehead atoms.